The number of nitrogens with zero attached hydrogens (tertiary/aromatic N) is 4. The van der Waals surface area contributed by atoms with Gasteiger partial charge < -0.3 is 5.11 Å². The number of thiazole rings is 1. The van der Waals surface area contributed by atoms with E-state index in [1.165, 1.54) is 11.3 Å². The number of rotatable bonds is 4. The van der Waals surface area contributed by atoms with Crippen LogP contribution in [0, 0.1) is 0 Å². The minimum Gasteiger partial charge on any atom is -0.481 e. The zero-order chi connectivity index (χ0) is 10.7. The Hall–Kier alpha value is -1.76. The van der Waals surface area contributed by atoms with Gasteiger partial charge in [-0.2, -0.15) is 0 Å². The highest BCUT2D eigenvalue weighted by Gasteiger charge is 2.06. The molecule has 0 fully saturated rings. The predicted molar refractivity (Wildman–Crippen MR) is 52.6 cm³/mol. The lowest BCUT2D eigenvalue weighted by Crippen LogP contribution is -2.01. The van der Waals surface area contributed by atoms with Crippen LogP contribution >= 0.6 is 11.3 Å². The van der Waals surface area contributed by atoms with Gasteiger partial charge in [-0.15, -0.1) is 16.4 Å². The van der Waals surface area contributed by atoms with Crippen LogP contribution in [-0.2, 0) is 17.8 Å². The van der Waals surface area contributed by atoms with Crippen LogP contribution in [0.15, 0.2) is 17.1 Å². The highest BCUT2D eigenvalue weighted by molar-refractivity contribution is 7.07. The Morgan fingerprint density at radius 3 is 3.07 bits per heavy atom. The Balaban J connectivity index is 2.04. The molecule has 1 N–H and O–H groups in total. The molecule has 78 valence electrons. The summed E-state index contributed by atoms with van der Waals surface area (Å²) < 4.78 is 1.58. The summed E-state index contributed by atoms with van der Waals surface area (Å²) in [6.45, 7) is 0.524. The molecule has 7 heteroatoms. The molecule has 2 heterocycles. The Kier molecular flexibility index (Phi) is 2.72. The number of aromatic nitrogens is 4. The summed E-state index contributed by atoms with van der Waals surface area (Å²) >= 11 is 1.51. The van der Waals surface area contributed by atoms with Crippen LogP contribution in [0.1, 0.15) is 11.4 Å². The molecule has 2 aromatic heterocycles. The predicted octanol–water partition coefficient (Wildman–Crippen LogP) is 0.410. The van der Waals surface area contributed by atoms with Crippen LogP contribution in [0.3, 0.4) is 0 Å². The molecule has 0 aliphatic rings. The summed E-state index contributed by atoms with van der Waals surface area (Å²) in [6.07, 6.45) is 1.52. The summed E-state index contributed by atoms with van der Waals surface area (Å²) in [7, 11) is 0. The van der Waals surface area contributed by atoms with E-state index < -0.39 is 5.97 Å². The van der Waals surface area contributed by atoms with Crippen molar-refractivity contribution in [2.75, 3.05) is 0 Å². The van der Waals surface area contributed by atoms with E-state index in [0.717, 1.165) is 5.69 Å². The molecule has 2 rings (SSSR count). The second-order valence-corrected chi connectivity index (χ2v) is 3.68. The summed E-state index contributed by atoms with van der Waals surface area (Å²) in [5, 5.41) is 18.0. The Morgan fingerprint density at radius 2 is 2.40 bits per heavy atom. The highest BCUT2D eigenvalue weighted by Crippen LogP contribution is 2.03. The van der Waals surface area contributed by atoms with Gasteiger partial charge in [0.25, 0.3) is 0 Å². The zero-order valence-electron chi connectivity index (χ0n) is 7.70. The first-order valence-electron chi connectivity index (χ1n) is 4.22. The van der Waals surface area contributed by atoms with Crippen LogP contribution in [-0.4, -0.2) is 31.1 Å². The molecule has 6 nitrogen and oxygen atoms in total. The van der Waals surface area contributed by atoms with E-state index in [2.05, 4.69) is 15.3 Å². The van der Waals surface area contributed by atoms with Crippen molar-refractivity contribution in [3.05, 3.63) is 28.5 Å². The van der Waals surface area contributed by atoms with Crippen LogP contribution in [0.4, 0.5) is 0 Å². The van der Waals surface area contributed by atoms with Crippen molar-refractivity contribution < 1.29 is 9.90 Å². The molecule has 0 saturated carbocycles. The van der Waals surface area contributed by atoms with Gasteiger partial charge in [0.05, 0.1) is 29.9 Å². The molecule has 0 radical (unpaired) electrons. The minimum atomic E-state index is -0.907. The van der Waals surface area contributed by atoms with E-state index in [9.17, 15) is 4.79 Å². The lowest BCUT2D eigenvalue weighted by Gasteiger charge is -1.93. The van der Waals surface area contributed by atoms with E-state index >= 15 is 0 Å². The molecule has 0 amide bonds. The number of hydrogen-bond donors (Lipinski definition) is 1. The van der Waals surface area contributed by atoms with Crippen molar-refractivity contribution in [1.82, 2.24) is 20.0 Å². The molecule has 0 aromatic carbocycles. The molecular formula is C8H8N4O2S. The van der Waals surface area contributed by atoms with Gasteiger partial charge in [0.1, 0.15) is 0 Å². The average molecular weight is 224 g/mol. The summed E-state index contributed by atoms with van der Waals surface area (Å²) in [5.74, 6) is -0.907. The summed E-state index contributed by atoms with van der Waals surface area (Å²) in [6, 6.07) is 0. The van der Waals surface area contributed by atoms with Crippen molar-refractivity contribution in [3.63, 3.8) is 0 Å². The normalized spacial score (nSPS) is 10.4. The molecule has 0 aliphatic carbocycles. The smallest absolute Gasteiger partial charge is 0.309 e. The molecule has 0 unspecified atom stereocenters. The van der Waals surface area contributed by atoms with Gasteiger partial charge >= 0.3 is 5.97 Å². The third kappa shape index (κ3) is 2.59. The molecule has 2 aromatic rings. The van der Waals surface area contributed by atoms with Crippen molar-refractivity contribution in [2.24, 2.45) is 0 Å². The largest absolute Gasteiger partial charge is 0.481 e. The van der Waals surface area contributed by atoms with Crippen molar-refractivity contribution in [2.45, 2.75) is 13.0 Å². The fourth-order valence-corrected chi connectivity index (χ4v) is 1.68. The van der Waals surface area contributed by atoms with Crippen LogP contribution in [0.5, 0.6) is 0 Å². The Morgan fingerprint density at radius 1 is 1.53 bits per heavy atom. The van der Waals surface area contributed by atoms with E-state index in [1.54, 1.807) is 16.4 Å². The molecule has 0 spiro atoms. The number of hydrogen-bond acceptors (Lipinski definition) is 5. The second kappa shape index (κ2) is 4.18. The maximum absolute atomic E-state index is 10.4. The van der Waals surface area contributed by atoms with Gasteiger partial charge in [-0.1, -0.05) is 5.21 Å². The second-order valence-electron chi connectivity index (χ2n) is 2.96. The number of aliphatic carboxylic acids is 1. The molecule has 0 saturated heterocycles. The Labute approximate surface area is 89.2 Å². The fourth-order valence-electron chi connectivity index (χ4n) is 1.13. The quantitative estimate of drug-likeness (QED) is 0.813. The topological polar surface area (TPSA) is 80.9 Å². The van der Waals surface area contributed by atoms with Crippen LogP contribution < -0.4 is 0 Å². The van der Waals surface area contributed by atoms with Gasteiger partial charge in [0.15, 0.2) is 0 Å². The van der Waals surface area contributed by atoms with E-state index in [0.29, 0.717) is 12.2 Å². The monoisotopic (exact) mass is 224 g/mol. The van der Waals surface area contributed by atoms with E-state index in [-0.39, 0.29) is 6.42 Å². The molecule has 0 aliphatic heterocycles. The van der Waals surface area contributed by atoms with Gasteiger partial charge in [-0.3, -0.25) is 4.79 Å². The highest BCUT2D eigenvalue weighted by atomic mass is 32.1. The van der Waals surface area contributed by atoms with Gasteiger partial charge in [-0.05, 0) is 0 Å². The third-order valence-electron chi connectivity index (χ3n) is 1.73. The van der Waals surface area contributed by atoms with Crippen molar-refractivity contribution >= 4 is 17.3 Å². The molecule has 0 atom stereocenters. The first-order valence-corrected chi connectivity index (χ1v) is 5.16. The van der Waals surface area contributed by atoms with Crippen molar-refractivity contribution in [3.8, 4) is 0 Å². The van der Waals surface area contributed by atoms with E-state index in [1.807, 2.05) is 5.38 Å². The number of carbonyl (C=O) groups is 1. The lowest BCUT2D eigenvalue weighted by atomic mass is 10.3. The van der Waals surface area contributed by atoms with E-state index in [4.69, 9.17) is 5.11 Å². The summed E-state index contributed by atoms with van der Waals surface area (Å²) in [4.78, 5) is 14.5. The maximum Gasteiger partial charge on any atom is 0.309 e. The first-order chi connectivity index (χ1) is 7.24. The third-order valence-corrected chi connectivity index (χ3v) is 2.36. The van der Waals surface area contributed by atoms with Crippen LogP contribution in [0.2, 0.25) is 0 Å². The summed E-state index contributed by atoms with van der Waals surface area (Å²) in [5.41, 5.74) is 3.09. The van der Waals surface area contributed by atoms with Gasteiger partial charge in [-0.25, -0.2) is 9.67 Å². The zero-order valence-corrected chi connectivity index (χ0v) is 8.52. The average Bonchev–Trinajstić information content (AvgIpc) is 2.77. The molecular weight excluding hydrogens is 216 g/mol. The molecule has 15 heavy (non-hydrogen) atoms. The first kappa shape index (κ1) is 9.78. The fraction of sp³-hybridized carbons (Fsp3) is 0.250. The standard InChI is InChI=1S/C8H8N4O2S/c13-8(14)1-6-2-12(11-10-6)3-7-4-15-5-9-7/h2,4-5H,1,3H2,(H,13,14). The number of carboxylic acid groups (broad SMARTS) is 1. The Bertz CT molecular complexity index is 451. The number of carboxylic acids is 1. The van der Waals surface area contributed by atoms with Gasteiger partial charge in [0.2, 0.25) is 0 Å². The minimum absolute atomic E-state index is 0.100. The lowest BCUT2D eigenvalue weighted by molar-refractivity contribution is -0.136. The van der Waals surface area contributed by atoms with Crippen molar-refractivity contribution in [1.29, 1.82) is 0 Å². The molecule has 0 bridgehead atoms. The maximum atomic E-state index is 10.4. The SMILES string of the molecule is O=C(O)Cc1cn(Cc2cscn2)nn1. The van der Waals surface area contributed by atoms with Crippen LogP contribution in [0.25, 0.3) is 0 Å². The van der Waals surface area contributed by atoms with Gasteiger partial charge in [0, 0.05) is 11.6 Å².